The Kier molecular flexibility index (Phi) is 3.96. The van der Waals surface area contributed by atoms with E-state index in [0.29, 0.717) is 12.2 Å². The molecular weight excluding hydrogens is 312 g/mol. The second-order valence-electron chi connectivity index (χ2n) is 6.07. The molecule has 4 aromatic rings. The molecule has 1 aromatic heterocycles. The van der Waals surface area contributed by atoms with E-state index in [1.54, 1.807) is 6.07 Å². The Morgan fingerprint density at radius 2 is 1.68 bits per heavy atom. The van der Waals surface area contributed by atoms with Crippen LogP contribution in [-0.2, 0) is 11.2 Å². The summed E-state index contributed by atoms with van der Waals surface area (Å²) in [6.45, 7) is 0. The molecular formula is C21H18N2O2. The molecule has 1 heterocycles. The van der Waals surface area contributed by atoms with Crippen molar-refractivity contribution in [2.45, 2.75) is 12.5 Å². The minimum absolute atomic E-state index is 0.424. The largest absolute Gasteiger partial charge is 0.425 e. The van der Waals surface area contributed by atoms with Gasteiger partial charge in [-0.05, 0) is 23.1 Å². The number of fused-ring (bicyclic) bond motifs is 2. The highest BCUT2D eigenvalue weighted by atomic mass is 16.5. The molecule has 4 nitrogen and oxygen atoms in total. The molecule has 4 heteroatoms. The Labute approximate surface area is 145 Å². The fraction of sp³-hybridized carbons (Fsp3) is 0.0952. The normalized spacial score (nSPS) is 12.4. The molecule has 3 aromatic carbocycles. The number of aromatic amines is 1. The number of carbonyl (C=O) groups excluding carboxylic acids is 1. The summed E-state index contributed by atoms with van der Waals surface area (Å²) in [5.74, 6) is 0.110. The van der Waals surface area contributed by atoms with Crippen LogP contribution in [0.3, 0.4) is 0 Å². The molecule has 0 amide bonds. The summed E-state index contributed by atoms with van der Waals surface area (Å²) < 4.78 is 5.58. The van der Waals surface area contributed by atoms with Crippen LogP contribution in [0.5, 0.6) is 5.75 Å². The smallest absolute Gasteiger partial charge is 0.328 e. The maximum Gasteiger partial charge on any atom is 0.328 e. The molecule has 0 saturated carbocycles. The lowest BCUT2D eigenvalue weighted by atomic mass is 10.1. The first-order valence-electron chi connectivity index (χ1n) is 8.22. The van der Waals surface area contributed by atoms with Crippen molar-refractivity contribution >= 4 is 27.6 Å². The van der Waals surface area contributed by atoms with Gasteiger partial charge in [0.1, 0.15) is 11.8 Å². The number of nitrogens with two attached hydrogens (primary N) is 1. The first kappa shape index (κ1) is 15.4. The van der Waals surface area contributed by atoms with E-state index < -0.39 is 12.0 Å². The van der Waals surface area contributed by atoms with Crippen LogP contribution in [0.15, 0.2) is 72.9 Å². The lowest BCUT2D eigenvalue weighted by molar-refractivity contribution is -0.135. The maximum absolute atomic E-state index is 12.5. The highest BCUT2D eigenvalue weighted by Crippen LogP contribution is 2.26. The molecule has 0 bridgehead atoms. The number of hydrogen-bond donors (Lipinski definition) is 2. The standard InChI is InChI=1S/C21H18N2O2/c22-18(12-15-13-23-19-10-4-3-8-16(15)19)21(24)25-20-11-5-7-14-6-1-2-9-17(14)20/h1-11,13,18,23H,12,22H2/t18-/m0/s1. The van der Waals surface area contributed by atoms with Gasteiger partial charge in [0.25, 0.3) is 0 Å². The van der Waals surface area contributed by atoms with Crippen molar-refractivity contribution in [3.05, 3.63) is 78.5 Å². The van der Waals surface area contributed by atoms with E-state index in [-0.39, 0.29) is 0 Å². The second-order valence-corrected chi connectivity index (χ2v) is 6.07. The molecule has 25 heavy (non-hydrogen) atoms. The third kappa shape index (κ3) is 2.99. The number of aromatic nitrogens is 1. The number of para-hydroxylation sites is 1. The summed E-state index contributed by atoms with van der Waals surface area (Å²) in [5.41, 5.74) is 8.15. The SMILES string of the molecule is N[C@@H](Cc1c[nH]c2ccccc12)C(=O)Oc1cccc2ccccc12. The van der Waals surface area contributed by atoms with Crippen molar-refractivity contribution in [1.82, 2.24) is 4.98 Å². The topological polar surface area (TPSA) is 68.1 Å². The Morgan fingerprint density at radius 1 is 0.960 bits per heavy atom. The van der Waals surface area contributed by atoms with Crippen molar-refractivity contribution in [2.75, 3.05) is 0 Å². The summed E-state index contributed by atoms with van der Waals surface area (Å²) in [7, 11) is 0. The molecule has 3 N–H and O–H groups in total. The maximum atomic E-state index is 12.5. The molecule has 1 atom stereocenters. The minimum atomic E-state index is -0.724. The van der Waals surface area contributed by atoms with Gasteiger partial charge in [0.2, 0.25) is 0 Å². The van der Waals surface area contributed by atoms with Gasteiger partial charge in [-0.2, -0.15) is 0 Å². The summed E-state index contributed by atoms with van der Waals surface area (Å²) in [6.07, 6.45) is 2.32. The number of benzene rings is 3. The fourth-order valence-corrected chi connectivity index (χ4v) is 3.09. The van der Waals surface area contributed by atoms with Gasteiger partial charge in [-0.1, -0.05) is 54.6 Å². The fourth-order valence-electron chi connectivity index (χ4n) is 3.09. The van der Waals surface area contributed by atoms with Crippen molar-refractivity contribution in [2.24, 2.45) is 5.73 Å². The lowest BCUT2D eigenvalue weighted by Crippen LogP contribution is -2.36. The molecule has 0 spiro atoms. The number of esters is 1. The molecule has 4 rings (SSSR count). The molecule has 124 valence electrons. The number of nitrogens with one attached hydrogen (secondary N) is 1. The van der Waals surface area contributed by atoms with Crippen molar-refractivity contribution in [3.63, 3.8) is 0 Å². The zero-order valence-corrected chi connectivity index (χ0v) is 13.6. The van der Waals surface area contributed by atoms with E-state index in [2.05, 4.69) is 4.98 Å². The number of ether oxygens (including phenoxy) is 1. The average molecular weight is 330 g/mol. The molecule has 0 saturated heterocycles. The van der Waals surface area contributed by atoms with Crippen LogP contribution >= 0.6 is 0 Å². The van der Waals surface area contributed by atoms with Gasteiger partial charge in [0, 0.05) is 28.9 Å². The molecule has 0 aliphatic rings. The van der Waals surface area contributed by atoms with E-state index in [1.807, 2.05) is 66.9 Å². The van der Waals surface area contributed by atoms with Crippen LogP contribution in [0.2, 0.25) is 0 Å². The van der Waals surface area contributed by atoms with Crippen molar-refractivity contribution < 1.29 is 9.53 Å². The van der Waals surface area contributed by atoms with Gasteiger partial charge in [0.15, 0.2) is 0 Å². The number of hydrogen-bond acceptors (Lipinski definition) is 3. The van der Waals surface area contributed by atoms with E-state index in [9.17, 15) is 4.79 Å². The highest BCUT2D eigenvalue weighted by molar-refractivity contribution is 5.91. The first-order chi connectivity index (χ1) is 12.2. The Bertz CT molecular complexity index is 1050. The zero-order chi connectivity index (χ0) is 17.2. The second kappa shape index (κ2) is 6.42. The molecule has 0 fully saturated rings. The molecule has 0 aliphatic carbocycles. The Morgan fingerprint density at radius 3 is 2.56 bits per heavy atom. The van der Waals surface area contributed by atoms with Gasteiger partial charge in [-0.3, -0.25) is 0 Å². The van der Waals surface area contributed by atoms with Crippen LogP contribution in [0.4, 0.5) is 0 Å². The van der Waals surface area contributed by atoms with E-state index >= 15 is 0 Å². The van der Waals surface area contributed by atoms with Gasteiger partial charge >= 0.3 is 5.97 Å². The van der Waals surface area contributed by atoms with Gasteiger partial charge in [-0.15, -0.1) is 0 Å². The van der Waals surface area contributed by atoms with Crippen LogP contribution in [0.25, 0.3) is 21.7 Å². The summed E-state index contributed by atoms with van der Waals surface area (Å²) >= 11 is 0. The summed E-state index contributed by atoms with van der Waals surface area (Å²) in [6, 6.07) is 20.7. The van der Waals surface area contributed by atoms with Crippen LogP contribution < -0.4 is 10.5 Å². The number of rotatable bonds is 4. The summed E-state index contributed by atoms with van der Waals surface area (Å²) in [4.78, 5) is 15.7. The van der Waals surface area contributed by atoms with Gasteiger partial charge < -0.3 is 15.5 Å². The van der Waals surface area contributed by atoms with Gasteiger partial charge in [0.05, 0.1) is 0 Å². The lowest BCUT2D eigenvalue weighted by Gasteiger charge is -2.12. The highest BCUT2D eigenvalue weighted by Gasteiger charge is 2.19. The number of carbonyl (C=O) groups is 1. The summed E-state index contributed by atoms with van der Waals surface area (Å²) in [5, 5.41) is 3.01. The van der Waals surface area contributed by atoms with Crippen LogP contribution in [0, 0.1) is 0 Å². The van der Waals surface area contributed by atoms with Gasteiger partial charge in [-0.25, -0.2) is 4.79 Å². The van der Waals surface area contributed by atoms with E-state index in [0.717, 1.165) is 27.2 Å². The number of H-pyrrole nitrogens is 1. The zero-order valence-electron chi connectivity index (χ0n) is 13.6. The quantitative estimate of drug-likeness (QED) is 0.442. The Balaban J connectivity index is 1.54. The predicted molar refractivity (Wildman–Crippen MR) is 99.6 cm³/mol. The molecule has 0 unspecified atom stereocenters. The molecule has 0 aliphatic heterocycles. The van der Waals surface area contributed by atoms with Crippen LogP contribution in [0.1, 0.15) is 5.56 Å². The van der Waals surface area contributed by atoms with E-state index in [4.69, 9.17) is 10.5 Å². The van der Waals surface area contributed by atoms with Crippen LogP contribution in [-0.4, -0.2) is 17.0 Å². The average Bonchev–Trinajstić information content (AvgIpc) is 3.05. The van der Waals surface area contributed by atoms with Crippen molar-refractivity contribution in [3.8, 4) is 5.75 Å². The molecule has 0 radical (unpaired) electrons. The predicted octanol–water partition coefficient (Wildman–Crippen LogP) is 3.80. The minimum Gasteiger partial charge on any atom is -0.425 e. The third-order valence-corrected chi connectivity index (χ3v) is 4.38. The van der Waals surface area contributed by atoms with E-state index in [1.165, 1.54) is 0 Å². The first-order valence-corrected chi connectivity index (χ1v) is 8.22. The monoisotopic (exact) mass is 330 g/mol. The van der Waals surface area contributed by atoms with Crippen molar-refractivity contribution in [1.29, 1.82) is 0 Å². The third-order valence-electron chi connectivity index (χ3n) is 4.38. The Hall–Kier alpha value is -3.11.